The van der Waals surface area contributed by atoms with Crippen LogP contribution >= 0.6 is 0 Å². The van der Waals surface area contributed by atoms with Gasteiger partial charge >= 0.3 is 0 Å². The van der Waals surface area contributed by atoms with Crippen molar-refractivity contribution in [2.75, 3.05) is 0 Å². The standard InChI is InChI=1S/C17H19NO/c1-2-3-12-17(18)14-8-7-11-16(13-14)19-15-9-5-4-6-10-15/h2,4-11,13,17H,1,3,12,18H2/t17-/m0/s1. The van der Waals surface area contributed by atoms with Gasteiger partial charge in [0.15, 0.2) is 0 Å². The molecular formula is C17H19NO. The van der Waals surface area contributed by atoms with Gasteiger partial charge in [-0.1, -0.05) is 36.4 Å². The van der Waals surface area contributed by atoms with Gasteiger partial charge in [-0.15, -0.1) is 6.58 Å². The van der Waals surface area contributed by atoms with E-state index in [1.807, 2.05) is 60.7 Å². The van der Waals surface area contributed by atoms with Crippen LogP contribution in [0.4, 0.5) is 0 Å². The van der Waals surface area contributed by atoms with Crippen LogP contribution in [0.1, 0.15) is 24.4 Å². The highest BCUT2D eigenvalue weighted by Crippen LogP contribution is 2.25. The first kappa shape index (κ1) is 13.4. The van der Waals surface area contributed by atoms with Crippen molar-refractivity contribution in [2.24, 2.45) is 5.73 Å². The summed E-state index contributed by atoms with van der Waals surface area (Å²) in [6, 6.07) is 17.7. The summed E-state index contributed by atoms with van der Waals surface area (Å²) in [5, 5.41) is 0. The Morgan fingerprint density at radius 3 is 2.53 bits per heavy atom. The third-order valence-corrected chi connectivity index (χ3v) is 2.95. The molecule has 0 unspecified atom stereocenters. The van der Waals surface area contributed by atoms with Crippen LogP contribution in [0, 0.1) is 0 Å². The van der Waals surface area contributed by atoms with Gasteiger partial charge in [0.2, 0.25) is 0 Å². The average molecular weight is 253 g/mol. The molecule has 2 heteroatoms. The molecule has 98 valence electrons. The first-order valence-corrected chi connectivity index (χ1v) is 6.49. The maximum absolute atomic E-state index is 6.14. The molecule has 0 aliphatic carbocycles. The van der Waals surface area contributed by atoms with Crippen LogP contribution in [0.5, 0.6) is 11.5 Å². The lowest BCUT2D eigenvalue weighted by Crippen LogP contribution is -2.09. The highest BCUT2D eigenvalue weighted by Gasteiger charge is 2.06. The van der Waals surface area contributed by atoms with Crippen molar-refractivity contribution in [3.05, 3.63) is 72.8 Å². The first-order valence-electron chi connectivity index (χ1n) is 6.49. The molecule has 19 heavy (non-hydrogen) atoms. The van der Waals surface area contributed by atoms with E-state index in [1.54, 1.807) is 0 Å². The van der Waals surface area contributed by atoms with Gasteiger partial charge < -0.3 is 10.5 Å². The minimum absolute atomic E-state index is 0.0253. The van der Waals surface area contributed by atoms with Crippen molar-refractivity contribution in [2.45, 2.75) is 18.9 Å². The van der Waals surface area contributed by atoms with Crippen molar-refractivity contribution in [1.29, 1.82) is 0 Å². The second-order valence-electron chi connectivity index (χ2n) is 4.46. The van der Waals surface area contributed by atoms with E-state index in [9.17, 15) is 0 Å². The molecule has 2 rings (SSSR count). The van der Waals surface area contributed by atoms with Crippen molar-refractivity contribution >= 4 is 0 Å². The fourth-order valence-corrected chi connectivity index (χ4v) is 1.90. The van der Waals surface area contributed by atoms with Crippen LogP contribution in [0.25, 0.3) is 0 Å². The van der Waals surface area contributed by atoms with Crippen molar-refractivity contribution < 1.29 is 4.74 Å². The van der Waals surface area contributed by atoms with Crippen molar-refractivity contribution in [3.63, 3.8) is 0 Å². The predicted molar refractivity (Wildman–Crippen MR) is 79.3 cm³/mol. The first-order chi connectivity index (χ1) is 9.29. The Morgan fingerprint density at radius 2 is 1.79 bits per heavy atom. The molecule has 0 aromatic heterocycles. The van der Waals surface area contributed by atoms with E-state index in [0.29, 0.717) is 0 Å². The summed E-state index contributed by atoms with van der Waals surface area (Å²) in [6.45, 7) is 3.72. The van der Waals surface area contributed by atoms with E-state index >= 15 is 0 Å². The minimum atomic E-state index is 0.0253. The third kappa shape index (κ3) is 3.97. The predicted octanol–water partition coefficient (Wildman–Crippen LogP) is 4.44. The van der Waals surface area contributed by atoms with E-state index < -0.39 is 0 Å². The highest BCUT2D eigenvalue weighted by molar-refractivity contribution is 5.34. The monoisotopic (exact) mass is 253 g/mol. The number of benzene rings is 2. The molecule has 0 radical (unpaired) electrons. The average Bonchev–Trinajstić information content (AvgIpc) is 2.46. The van der Waals surface area contributed by atoms with Crippen LogP contribution in [0.2, 0.25) is 0 Å². The zero-order valence-electron chi connectivity index (χ0n) is 11.0. The van der Waals surface area contributed by atoms with Gasteiger partial charge in [-0.25, -0.2) is 0 Å². The van der Waals surface area contributed by atoms with Gasteiger partial charge in [0.1, 0.15) is 11.5 Å². The quantitative estimate of drug-likeness (QED) is 0.772. The minimum Gasteiger partial charge on any atom is -0.457 e. The maximum Gasteiger partial charge on any atom is 0.127 e. The SMILES string of the molecule is C=CCC[C@H](N)c1cccc(Oc2ccccc2)c1. The van der Waals surface area contributed by atoms with Gasteiger partial charge in [-0.2, -0.15) is 0 Å². The van der Waals surface area contributed by atoms with E-state index in [1.165, 1.54) is 0 Å². The van der Waals surface area contributed by atoms with Crippen molar-refractivity contribution in [3.8, 4) is 11.5 Å². The molecule has 2 aromatic rings. The number of allylic oxidation sites excluding steroid dienone is 1. The molecule has 0 saturated heterocycles. The summed E-state index contributed by atoms with van der Waals surface area (Å²) in [6.07, 6.45) is 3.72. The second kappa shape index (κ2) is 6.76. The topological polar surface area (TPSA) is 35.2 Å². The zero-order valence-corrected chi connectivity index (χ0v) is 11.0. The largest absolute Gasteiger partial charge is 0.457 e. The molecule has 0 aliphatic rings. The zero-order chi connectivity index (χ0) is 13.5. The Morgan fingerprint density at radius 1 is 1.05 bits per heavy atom. The van der Waals surface area contributed by atoms with E-state index in [-0.39, 0.29) is 6.04 Å². The number of ether oxygens (including phenoxy) is 1. The molecule has 2 nitrogen and oxygen atoms in total. The number of para-hydroxylation sites is 1. The van der Waals surface area contributed by atoms with Crippen LogP contribution in [0.15, 0.2) is 67.3 Å². The normalized spacial score (nSPS) is 11.8. The highest BCUT2D eigenvalue weighted by atomic mass is 16.5. The lowest BCUT2D eigenvalue weighted by atomic mass is 10.0. The summed E-state index contributed by atoms with van der Waals surface area (Å²) in [4.78, 5) is 0. The molecule has 0 saturated carbocycles. The number of rotatable bonds is 6. The fourth-order valence-electron chi connectivity index (χ4n) is 1.90. The molecule has 2 aromatic carbocycles. The second-order valence-corrected chi connectivity index (χ2v) is 4.46. The van der Waals surface area contributed by atoms with Crippen molar-refractivity contribution in [1.82, 2.24) is 0 Å². The van der Waals surface area contributed by atoms with Crippen LogP contribution < -0.4 is 10.5 Å². The summed E-state index contributed by atoms with van der Waals surface area (Å²) in [5.74, 6) is 1.65. The Bertz CT molecular complexity index is 522. The molecule has 0 spiro atoms. The van der Waals surface area contributed by atoms with Gasteiger partial charge in [-0.3, -0.25) is 0 Å². The summed E-state index contributed by atoms with van der Waals surface area (Å²) >= 11 is 0. The maximum atomic E-state index is 6.14. The third-order valence-electron chi connectivity index (χ3n) is 2.95. The Labute approximate surface area is 114 Å². The lowest BCUT2D eigenvalue weighted by Gasteiger charge is -2.12. The van der Waals surface area contributed by atoms with Crippen LogP contribution in [0.3, 0.4) is 0 Å². The number of hydrogen-bond donors (Lipinski definition) is 1. The van der Waals surface area contributed by atoms with Crippen LogP contribution in [-0.4, -0.2) is 0 Å². The molecule has 2 N–H and O–H groups in total. The molecule has 0 bridgehead atoms. The van der Waals surface area contributed by atoms with E-state index in [4.69, 9.17) is 10.5 Å². The van der Waals surface area contributed by atoms with E-state index in [0.717, 1.165) is 29.9 Å². The van der Waals surface area contributed by atoms with Crippen LogP contribution in [-0.2, 0) is 0 Å². The Balaban J connectivity index is 2.08. The summed E-state index contributed by atoms with van der Waals surface area (Å²) in [5.41, 5.74) is 7.23. The lowest BCUT2D eigenvalue weighted by molar-refractivity contribution is 0.481. The Kier molecular flexibility index (Phi) is 4.76. The van der Waals surface area contributed by atoms with Gasteiger partial charge in [-0.05, 0) is 42.7 Å². The van der Waals surface area contributed by atoms with Gasteiger partial charge in [0.25, 0.3) is 0 Å². The smallest absolute Gasteiger partial charge is 0.127 e. The van der Waals surface area contributed by atoms with Gasteiger partial charge in [0.05, 0.1) is 0 Å². The summed E-state index contributed by atoms with van der Waals surface area (Å²) in [7, 11) is 0. The Hall–Kier alpha value is -2.06. The molecule has 0 fully saturated rings. The number of hydrogen-bond acceptors (Lipinski definition) is 2. The fraction of sp³-hybridized carbons (Fsp3) is 0.176. The molecule has 0 heterocycles. The molecule has 0 aliphatic heterocycles. The number of nitrogens with two attached hydrogens (primary N) is 1. The molecule has 0 amide bonds. The van der Waals surface area contributed by atoms with Gasteiger partial charge in [0, 0.05) is 6.04 Å². The molecular weight excluding hydrogens is 234 g/mol. The summed E-state index contributed by atoms with van der Waals surface area (Å²) < 4.78 is 5.80. The molecule has 1 atom stereocenters. The van der Waals surface area contributed by atoms with E-state index in [2.05, 4.69) is 6.58 Å².